The Morgan fingerprint density at radius 1 is 1.00 bits per heavy atom. The second-order valence-corrected chi connectivity index (χ2v) is 6.40. The minimum atomic E-state index is 0.0175. The van der Waals surface area contributed by atoms with Gasteiger partial charge in [-0.15, -0.1) is 11.3 Å². The minimum Gasteiger partial charge on any atom is -0.488 e. The van der Waals surface area contributed by atoms with Gasteiger partial charge in [-0.1, -0.05) is 0 Å². The summed E-state index contributed by atoms with van der Waals surface area (Å²) in [5, 5.41) is 4.02. The van der Waals surface area contributed by atoms with Crippen molar-refractivity contribution in [3.63, 3.8) is 0 Å². The monoisotopic (exact) mass is 270 g/mol. The van der Waals surface area contributed by atoms with Crippen LogP contribution < -0.4 is 9.47 Å². The summed E-state index contributed by atoms with van der Waals surface area (Å²) in [6.45, 7) is 3.32. The van der Waals surface area contributed by atoms with Gasteiger partial charge in [-0.3, -0.25) is 0 Å². The lowest BCUT2D eigenvalue weighted by Crippen LogP contribution is -2.48. The van der Waals surface area contributed by atoms with Gasteiger partial charge in [0.15, 0.2) is 11.5 Å². The van der Waals surface area contributed by atoms with E-state index in [-0.39, 0.29) is 5.41 Å². The van der Waals surface area contributed by atoms with Crippen LogP contribution in [0.5, 0.6) is 11.5 Å². The molecule has 5 heteroatoms. The summed E-state index contributed by atoms with van der Waals surface area (Å²) in [5.74, 6) is 1.78. The summed E-state index contributed by atoms with van der Waals surface area (Å²) in [4.78, 5) is 4.41. The van der Waals surface area contributed by atoms with Crippen molar-refractivity contribution in [1.29, 1.82) is 0 Å². The number of hydrogen-bond acceptors (Lipinski definition) is 5. The topological polar surface area (TPSA) is 24.9 Å². The fourth-order valence-corrected chi connectivity index (χ4v) is 3.25. The Morgan fingerprint density at radius 2 is 1.44 bits per heavy atom. The predicted molar refractivity (Wildman–Crippen MR) is 74.9 cm³/mol. The van der Waals surface area contributed by atoms with Crippen molar-refractivity contribution in [2.24, 2.45) is 5.41 Å². The van der Waals surface area contributed by atoms with Crippen LogP contribution in [-0.2, 0) is 0 Å². The molecule has 0 aliphatic carbocycles. The molecule has 18 heavy (non-hydrogen) atoms. The van der Waals surface area contributed by atoms with Crippen LogP contribution in [0.4, 0.5) is 0 Å². The highest BCUT2D eigenvalue weighted by Crippen LogP contribution is 2.37. The van der Waals surface area contributed by atoms with Crippen molar-refractivity contribution in [3.8, 4) is 11.5 Å². The molecule has 2 heterocycles. The second-order valence-electron chi connectivity index (χ2n) is 5.65. The molecule has 0 N–H and O–H groups in total. The minimum absolute atomic E-state index is 0.0175. The van der Waals surface area contributed by atoms with E-state index < -0.39 is 0 Å². The first-order chi connectivity index (χ1) is 8.51. The van der Waals surface area contributed by atoms with E-state index in [1.54, 1.807) is 11.3 Å². The average Bonchev–Trinajstić information content (AvgIpc) is 2.63. The molecule has 102 valence electrons. The van der Waals surface area contributed by atoms with E-state index in [4.69, 9.17) is 9.47 Å². The quantitative estimate of drug-likeness (QED) is 0.830. The molecular weight excluding hydrogens is 248 g/mol. The maximum Gasteiger partial charge on any atom is 0.171 e. The van der Waals surface area contributed by atoms with E-state index in [9.17, 15) is 0 Å². The highest BCUT2D eigenvalue weighted by atomic mass is 32.1. The molecule has 1 aliphatic rings. The van der Waals surface area contributed by atoms with Gasteiger partial charge in [0.2, 0.25) is 0 Å². The fourth-order valence-electron chi connectivity index (χ4n) is 2.56. The zero-order valence-corrected chi connectivity index (χ0v) is 12.4. The van der Waals surface area contributed by atoms with Gasteiger partial charge in [-0.05, 0) is 28.2 Å². The SMILES string of the molecule is CN(C)CC1(CN(C)C)COc2cscc2OC1. The van der Waals surface area contributed by atoms with Crippen LogP contribution >= 0.6 is 11.3 Å². The Hall–Kier alpha value is -0.780. The lowest BCUT2D eigenvalue weighted by atomic mass is 9.89. The molecule has 4 nitrogen and oxygen atoms in total. The Balaban J connectivity index is 2.13. The average molecular weight is 270 g/mol. The maximum absolute atomic E-state index is 5.94. The third-order valence-corrected chi connectivity index (χ3v) is 3.66. The van der Waals surface area contributed by atoms with Crippen molar-refractivity contribution in [2.45, 2.75) is 0 Å². The molecular formula is C13H22N2O2S. The maximum atomic E-state index is 5.94. The molecule has 0 amide bonds. The van der Waals surface area contributed by atoms with Crippen LogP contribution in [-0.4, -0.2) is 64.3 Å². The van der Waals surface area contributed by atoms with Gasteiger partial charge in [-0.2, -0.15) is 0 Å². The van der Waals surface area contributed by atoms with Crippen molar-refractivity contribution >= 4 is 11.3 Å². The van der Waals surface area contributed by atoms with Crippen molar-refractivity contribution in [3.05, 3.63) is 10.8 Å². The lowest BCUT2D eigenvalue weighted by Gasteiger charge is -2.35. The van der Waals surface area contributed by atoms with E-state index >= 15 is 0 Å². The largest absolute Gasteiger partial charge is 0.488 e. The van der Waals surface area contributed by atoms with Crippen molar-refractivity contribution < 1.29 is 9.47 Å². The predicted octanol–water partition coefficient (Wildman–Crippen LogP) is 1.63. The molecule has 0 spiro atoms. The van der Waals surface area contributed by atoms with Gasteiger partial charge in [0.05, 0.1) is 18.6 Å². The van der Waals surface area contributed by atoms with E-state index in [1.165, 1.54) is 0 Å². The molecule has 0 aromatic carbocycles. The van der Waals surface area contributed by atoms with Gasteiger partial charge in [0, 0.05) is 23.8 Å². The van der Waals surface area contributed by atoms with Crippen LogP contribution in [0.1, 0.15) is 0 Å². The second kappa shape index (κ2) is 5.47. The Morgan fingerprint density at radius 3 is 1.83 bits per heavy atom. The summed E-state index contributed by atoms with van der Waals surface area (Å²) in [6.07, 6.45) is 0. The molecule has 0 bridgehead atoms. The van der Waals surface area contributed by atoms with Crippen LogP contribution in [0, 0.1) is 5.41 Å². The molecule has 1 aromatic heterocycles. The first-order valence-corrected chi connectivity index (χ1v) is 7.06. The number of fused-ring (bicyclic) bond motifs is 1. The molecule has 0 saturated carbocycles. The van der Waals surface area contributed by atoms with Gasteiger partial charge >= 0.3 is 0 Å². The molecule has 1 aliphatic heterocycles. The molecule has 2 rings (SSSR count). The van der Waals surface area contributed by atoms with Crippen molar-refractivity contribution in [1.82, 2.24) is 9.80 Å². The highest BCUT2D eigenvalue weighted by molar-refractivity contribution is 7.08. The van der Waals surface area contributed by atoms with Gasteiger partial charge in [-0.25, -0.2) is 0 Å². The summed E-state index contributed by atoms with van der Waals surface area (Å²) >= 11 is 1.62. The standard InChI is InChI=1S/C13H22N2O2S/c1-14(2)7-13(8-15(3)4)9-16-11-5-18-6-12(11)17-10-13/h5-6H,7-10H2,1-4H3. The van der Waals surface area contributed by atoms with E-state index in [1.807, 2.05) is 10.8 Å². The molecule has 1 aromatic rings. The molecule has 0 saturated heterocycles. The smallest absolute Gasteiger partial charge is 0.171 e. The zero-order chi connectivity index (χ0) is 13.2. The first kappa shape index (κ1) is 13.6. The third-order valence-electron chi connectivity index (χ3n) is 2.96. The number of rotatable bonds is 4. The van der Waals surface area contributed by atoms with E-state index in [2.05, 4.69) is 38.0 Å². The molecule has 0 radical (unpaired) electrons. The van der Waals surface area contributed by atoms with Crippen LogP contribution in [0.3, 0.4) is 0 Å². The normalized spacial score (nSPS) is 18.1. The van der Waals surface area contributed by atoms with Gasteiger partial charge in [0.1, 0.15) is 0 Å². The highest BCUT2D eigenvalue weighted by Gasteiger charge is 2.36. The van der Waals surface area contributed by atoms with Crippen molar-refractivity contribution in [2.75, 3.05) is 54.5 Å². The summed E-state index contributed by atoms with van der Waals surface area (Å²) < 4.78 is 11.9. The fraction of sp³-hybridized carbons (Fsp3) is 0.692. The van der Waals surface area contributed by atoms with E-state index in [0.29, 0.717) is 13.2 Å². The molecule has 0 unspecified atom stereocenters. The summed E-state index contributed by atoms with van der Waals surface area (Å²) in [7, 11) is 8.38. The van der Waals surface area contributed by atoms with Crippen LogP contribution in [0.15, 0.2) is 10.8 Å². The van der Waals surface area contributed by atoms with Crippen LogP contribution in [0.2, 0.25) is 0 Å². The molecule has 0 atom stereocenters. The summed E-state index contributed by atoms with van der Waals surface area (Å²) in [6, 6.07) is 0. The zero-order valence-electron chi connectivity index (χ0n) is 11.6. The molecule has 0 fully saturated rings. The third kappa shape index (κ3) is 3.16. The number of nitrogens with zero attached hydrogens (tertiary/aromatic N) is 2. The summed E-state index contributed by atoms with van der Waals surface area (Å²) in [5.41, 5.74) is 0.0175. The van der Waals surface area contributed by atoms with E-state index in [0.717, 1.165) is 24.6 Å². The Labute approximate surface area is 113 Å². The first-order valence-electron chi connectivity index (χ1n) is 6.12. The number of hydrogen-bond donors (Lipinski definition) is 0. The Kier molecular flexibility index (Phi) is 4.14. The van der Waals surface area contributed by atoms with Gasteiger partial charge < -0.3 is 19.3 Å². The Bertz CT molecular complexity index is 356. The lowest BCUT2D eigenvalue weighted by molar-refractivity contribution is 0.0484. The number of thiophene rings is 1. The number of ether oxygens (including phenoxy) is 2. The van der Waals surface area contributed by atoms with Crippen LogP contribution in [0.25, 0.3) is 0 Å². The van der Waals surface area contributed by atoms with Gasteiger partial charge in [0.25, 0.3) is 0 Å².